The molecule has 0 radical (unpaired) electrons. The maximum atomic E-state index is 9.99. The summed E-state index contributed by atoms with van der Waals surface area (Å²) in [6.45, 7) is 3.55. The maximum Gasteiger partial charge on any atom is 0.129 e. The number of aliphatic hydroxyl groups excluding tert-OH is 1. The van der Waals surface area contributed by atoms with E-state index < -0.39 is 11.7 Å². The highest BCUT2D eigenvalue weighted by Crippen LogP contribution is 2.07. The maximum absolute atomic E-state index is 9.99. The van der Waals surface area contributed by atoms with Crippen LogP contribution in [0.5, 0.6) is 0 Å². The van der Waals surface area contributed by atoms with Crippen LogP contribution >= 0.6 is 0 Å². The molecular weight excluding hydrogens is 262 g/mol. The summed E-state index contributed by atoms with van der Waals surface area (Å²) >= 11 is 0. The van der Waals surface area contributed by atoms with Crippen LogP contribution in [0.3, 0.4) is 0 Å². The number of methoxy groups -OCH3 is 1. The number of ether oxygens (including phenoxy) is 2. The number of nitrogens with one attached hydrogen (secondary N) is 1. The molecule has 0 saturated heterocycles. The molecule has 1 aromatic heterocycles. The van der Waals surface area contributed by atoms with Crippen molar-refractivity contribution in [2.45, 2.75) is 31.7 Å². The van der Waals surface area contributed by atoms with Crippen molar-refractivity contribution >= 4 is 0 Å². The molecule has 0 aromatic carbocycles. The molecule has 2 atom stereocenters. The number of hydrogen-bond donors (Lipinski definition) is 3. The van der Waals surface area contributed by atoms with Crippen molar-refractivity contribution in [3.05, 3.63) is 24.2 Å². The van der Waals surface area contributed by atoms with Gasteiger partial charge in [-0.25, -0.2) is 0 Å². The Morgan fingerprint density at radius 3 is 2.95 bits per heavy atom. The summed E-state index contributed by atoms with van der Waals surface area (Å²) < 4.78 is 15.4. The van der Waals surface area contributed by atoms with Crippen LogP contribution in [0, 0.1) is 0 Å². The number of rotatable bonds is 11. The predicted octanol–water partition coefficient (Wildman–Crippen LogP) is 0.534. The van der Waals surface area contributed by atoms with E-state index in [4.69, 9.17) is 13.9 Å². The molecule has 0 fully saturated rings. The van der Waals surface area contributed by atoms with E-state index in [2.05, 4.69) is 5.32 Å². The van der Waals surface area contributed by atoms with Gasteiger partial charge in [-0.2, -0.15) is 0 Å². The SMILES string of the molecule is COCCC(C)(O)CNCC(O)COCc1ccco1. The fourth-order valence-electron chi connectivity index (χ4n) is 1.67. The van der Waals surface area contributed by atoms with Gasteiger partial charge in [0, 0.05) is 33.2 Å². The van der Waals surface area contributed by atoms with Gasteiger partial charge in [0.25, 0.3) is 0 Å². The molecule has 20 heavy (non-hydrogen) atoms. The molecule has 0 spiro atoms. The van der Waals surface area contributed by atoms with Crippen LogP contribution in [0.1, 0.15) is 19.1 Å². The van der Waals surface area contributed by atoms with Gasteiger partial charge >= 0.3 is 0 Å². The monoisotopic (exact) mass is 287 g/mol. The lowest BCUT2D eigenvalue weighted by Crippen LogP contribution is -2.42. The summed E-state index contributed by atoms with van der Waals surface area (Å²) in [6, 6.07) is 3.61. The van der Waals surface area contributed by atoms with Crippen molar-refractivity contribution in [2.24, 2.45) is 0 Å². The lowest BCUT2D eigenvalue weighted by atomic mass is 10.0. The van der Waals surface area contributed by atoms with Crippen LogP contribution in [0.15, 0.2) is 22.8 Å². The zero-order valence-electron chi connectivity index (χ0n) is 12.2. The Balaban J connectivity index is 2.06. The van der Waals surface area contributed by atoms with Crippen molar-refractivity contribution < 1.29 is 24.1 Å². The minimum Gasteiger partial charge on any atom is -0.467 e. The summed E-state index contributed by atoms with van der Waals surface area (Å²) in [6.07, 6.45) is 1.50. The smallest absolute Gasteiger partial charge is 0.129 e. The van der Waals surface area contributed by atoms with Crippen LogP contribution in [0.2, 0.25) is 0 Å². The Kier molecular flexibility index (Phi) is 7.79. The molecule has 1 rings (SSSR count). The number of furan rings is 1. The molecule has 3 N–H and O–H groups in total. The Hall–Kier alpha value is -0.920. The predicted molar refractivity (Wildman–Crippen MR) is 74.4 cm³/mol. The fraction of sp³-hybridized carbons (Fsp3) is 0.714. The molecule has 0 aliphatic heterocycles. The van der Waals surface area contributed by atoms with Gasteiger partial charge in [0.2, 0.25) is 0 Å². The standard InChI is InChI=1S/C14H25NO5/c1-14(17,5-7-18-2)11-15-8-12(16)9-19-10-13-4-3-6-20-13/h3-4,6,12,15-17H,5,7-11H2,1-2H3. The average molecular weight is 287 g/mol. The number of hydrogen-bond acceptors (Lipinski definition) is 6. The van der Waals surface area contributed by atoms with Crippen molar-refractivity contribution in [1.82, 2.24) is 5.32 Å². The lowest BCUT2D eigenvalue weighted by Gasteiger charge is -2.24. The van der Waals surface area contributed by atoms with Gasteiger partial charge < -0.3 is 29.4 Å². The van der Waals surface area contributed by atoms with Crippen LogP contribution in [0.25, 0.3) is 0 Å². The van der Waals surface area contributed by atoms with Crippen molar-refractivity contribution in [2.75, 3.05) is 33.4 Å². The molecule has 0 bridgehead atoms. The minimum atomic E-state index is -0.843. The highest BCUT2D eigenvalue weighted by molar-refractivity contribution is 4.96. The van der Waals surface area contributed by atoms with Gasteiger partial charge in [-0.1, -0.05) is 0 Å². The Morgan fingerprint density at radius 2 is 2.30 bits per heavy atom. The molecule has 6 heteroatoms. The third kappa shape index (κ3) is 7.62. The molecule has 2 unspecified atom stereocenters. The van der Waals surface area contributed by atoms with Gasteiger partial charge in [0.05, 0.1) is 24.6 Å². The van der Waals surface area contributed by atoms with Crippen LogP contribution in [0.4, 0.5) is 0 Å². The highest BCUT2D eigenvalue weighted by Gasteiger charge is 2.19. The second kappa shape index (κ2) is 9.10. The van der Waals surface area contributed by atoms with E-state index in [0.29, 0.717) is 32.7 Å². The first-order valence-corrected chi connectivity index (χ1v) is 6.74. The van der Waals surface area contributed by atoms with E-state index in [9.17, 15) is 10.2 Å². The average Bonchev–Trinajstić information content (AvgIpc) is 2.89. The topological polar surface area (TPSA) is 84.1 Å². The first-order valence-electron chi connectivity index (χ1n) is 6.74. The summed E-state index contributed by atoms with van der Waals surface area (Å²) in [5, 5.41) is 22.7. The van der Waals surface area contributed by atoms with Crippen molar-refractivity contribution in [3.63, 3.8) is 0 Å². The Morgan fingerprint density at radius 1 is 1.50 bits per heavy atom. The zero-order valence-corrected chi connectivity index (χ0v) is 12.2. The third-order valence-electron chi connectivity index (χ3n) is 2.87. The molecule has 0 aliphatic carbocycles. The summed E-state index contributed by atoms with van der Waals surface area (Å²) in [4.78, 5) is 0. The normalized spacial score (nSPS) is 16.0. The van der Waals surface area contributed by atoms with E-state index in [1.165, 1.54) is 0 Å². The molecule has 6 nitrogen and oxygen atoms in total. The second-order valence-corrected chi connectivity index (χ2v) is 5.12. The van der Waals surface area contributed by atoms with Crippen LogP contribution < -0.4 is 5.32 Å². The number of aliphatic hydroxyl groups is 2. The Bertz CT molecular complexity index is 339. The second-order valence-electron chi connectivity index (χ2n) is 5.12. The lowest BCUT2D eigenvalue weighted by molar-refractivity contribution is 0.00791. The minimum absolute atomic E-state index is 0.216. The van der Waals surface area contributed by atoms with Gasteiger partial charge in [0.1, 0.15) is 12.4 Å². The van der Waals surface area contributed by atoms with Crippen LogP contribution in [-0.4, -0.2) is 55.3 Å². The Labute approximate surface area is 119 Å². The van der Waals surface area contributed by atoms with E-state index in [1.807, 2.05) is 6.07 Å². The summed E-state index contributed by atoms with van der Waals surface area (Å²) in [7, 11) is 1.60. The molecule has 1 aromatic rings. The largest absolute Gasteiger partial charge is 0.467 e. The summed E-state index contributed by atoms with van der Waals surface area (Å²) in [5.74, 6) is 0.729. The summed E-state index contributed by atoms with van der Waals surface area (Å²) in [5.41, 5.74) is -0.843. The molecule has 0 aliphatic rings. The van der Waals surface area contributed by atoms with E-state index in [1.54, 1.807) is 26.4 Å². The molecule has 1 heterocycles. The van der Waals surface area contributed by atoms with Gasteiger partial charge in [-0.15, -0.1) is 0 Å². The van der Waals surface area contributed by atoms with Gasteiger partial charge in [0.15, 0.2) is 0 Å². The molecule has 0 amide bonds. The van der Waals surface area contributed by atoms with Gasteiger partial charge in [-0.05, 0) is 19.1 Å². The van der Waals surface area contributed by atoms with Crippen molar-refractivity contribution in [1.29, 1.82) is 0 Å². The first kappa shape index (κ1) is 17.1. The van der Waals surface area contributed by atoms with E-state index >= 15 is 0 Å². The van der Waals surface area contributed by atoms with Crippen molar-refractivity contribution in [3.8, 4) is 0 Å². The van der Waals surface area contributed by atoms with Gasteiger partial charge in [-0.3, -0.25) is 0 Å². The highest BCUT2D eigenvalue weighted by atomic mass is 16.5. The van der Waals surface area contributed by atoms with E-state index in [0.717, 1.165) is 5.76 Å². The molecule has 0 saturated carbocycles. The molecular formula is C14H25NO5. The fourth-order valence-corrected chi connectivity index (χ4v) is 1.67. The molecule has 116 valence electrons. The zero-order chi connectivity index (χ0) is 14.8. The first-order chi connectivity index (χ1) is 9.53. The van der Waals surface area contributed by atoms with E-state index in [-0.39, 0.29) is 6.61 Å². The quantitative estimate of drug-likeness (QED) is 0.551. The third-order valence-corrected chi connectivity index (χ3v) is 2.87. The van der Waals surface area contributed by atoms with Crippen LogP contribution in [-0.2, 0) is 16.1 Å².